The van der Waals surface area contributed by atoms with E-state index in [4.69, 9.17) is 5.73 Å². The summed E-state index contributed by atoms with van der Waals surface area (Å²) in [4.78, 5) is 2.17. The average molecular weight is 292 g/mol. The van der Waals surface area contributed by atoms with Crippen LogP contribution >= 0.6 is 0 Å². The fraction of sp³-hybridized carbons (Fsp3) is 0.250. The van der Waals surface area contributed by atoms with Gasteiger partial charge in [0, 0.05) is 25.3 Å². The first kappa shape index (κ1) is 13.9. The number of anilines is 1. The predicted octanol–water partition coefficient (Wildman–Crippen LogP) is 3.80. The minimum Gasteiger partial charge on any atom is -0.398 e. The standard InChI is InChI=1S/C16H15F3N2/c17-16(18,19)14-6-5-13(15(20)7-14)10-21-8-11-3-1-2-4-12(11)9-21/h1-7H,8-10,20H2. The van der Waals surface area contributed by atoms with Crippen molar-refractivity contribution in [1.82, 2.24) is 4.90 Å². The Labute approximate surface area is 121 Å². The predicted molar refractivity (Wildman–Crippen MR) is 75.2 cm³/mol. The number of fused-ring (bicyclic) bond motifs is 1. The van der Waals surface area contributed by atoms with Crippen molar-refractivity contribution in [3.05, 3.63) is 64.7 Å². The third kappa shape index (κ3) is 2.88. The Hall–Kier alpha value is -2.01. The molecule has 5 heteroatoms. The van der Waals surface area contributed by atoms with Crippen molar-refractivity contribution in [3.8, 4) is 0 Å². The molecule has 0 saturated carbocycles. The van der Waals surface area contributed by atoms with Gasteiger partial charge in [0.15, 0.2) is 0 Å². The van der Waals surface area contributed by atoms with Gasteiger partial charge in [0.25, 0.3) is 0 Å². The van der Waals surface area contributed by atoms with E-state index >= 15 is 0 Å². The van der Waals surface area contributed by atoms with E-state index in [0.717, 1.165) is 30.8 Å². The number of nitrogens with zero attached hydrogens (tertiary/aromatic N) is 1. The Morgan fingerprint density at radius 1 is 1.00 bits per heavy atom. The molecule has 0 aromatic heterocycles. The summed E-state index contributed by atoms with van der Waals surface area (Å²) in [6.07, 6.45) is -4.35. The smallest absolute Gasteiger partial charge is 0.398 e. The van der Waals surface area contributed by atoms with E-state index in [1.807, 2.05) is 12.1 Å². The maximum atomic E-state index is 12.6. The Balaban J connectivity index is 1.75. The monoisotopic (exact) mass is 292 g/mol. The zero-order chi connectivity index (χ0) is 15.0. The first-order valence-electron chi connectivity index (χ1n) is 6.68. The lowest BCUT2D eigenvalue weighted by molar-refractivity contribution is -0.137. The summed E-state index contributed by atoms with van der Waals surface area (Å²) in [7, 11) is 0. The second-order valence-electron chi connectivity index (χ2n) is 5.33. The topological polar surface area (TPSA) is 29.3 Å². The maximum absolute atomic E-state index is 12.6. The van der Waals surface area contributed by atoms with Gasteiger partial charge in [0.2, 0.25) is 0 Å². The Morgan fingerprint density at radius 3 is 2.14 bits per heavy atom. The Morgan fingerprint density at radius 2 is 1.62 bits per heavy atom. The molecule has 2 N–H and O–H groups in total. The molecule has 2 aromatic carbocycles. The van der Waals surface area contributed by atoms with Gasteiger partial charge in [0.05, 0.1) is 5.56 Å². The van der Waals surface area contributed by atoms with E-state index in [-0.39, 0.29) is 5.69 Å². The van der Waals surface area contributed by atoms with Gasteiger partial charge in [-0.25, -0.2) is 0 Å². The highest BCUT2D eigenvalue weighted by Crippen LogP contribution is 2.32. The number of nitrogen functional groups attached to an aromatic ring is 1. The molecule has 1 aliphatic heterocycles. The van der Waals surface area contributed by atoms with Crippen LogP contribution in [-0.4, -0.2) is 4.90 Å². The molecule has 0 aliphatic carbocycles. The zero-order valence-electron chi connectivity index (χ0n) is 11.3. The SMILES string of the molecule is Nc1cc(C(F)(F)F)ccc1CN1Cc2ccccc2C1. The number of benzene rings is 2. The molecule has 0 unspecified atom stereocenters. The molecule has 2 aromatic rings. The highest BCUT2D eigenvalue weighted by molar-refractivity contribution is 5.50. The summed E-state index contributed by atoms with van der Waals surface area (Å²) < 4.78 is 37.9. The average Bonchev–Trinajstić information content (AvgIpc) is 2.82. The highest BCUT2D eigenvalue weighted by atomic mass is 19.4. The van der Waals surface area contributed by atoms with Crippen molar-refractivity contribution in [2.75, 3.05) is 5.73 Å². The van der Waals surface area contributed by atoms with E-state index in [1.54, 1.807) is 0 Å². The van der Waals surface area contributed by atoms with Gasteiger partial charge in [-0.2, -0.15) is 13.2 Å². The summed E-state index contributed by atoms with van der Waals surface area (Å²) in [6.45, 7) is 2.16. The lowest BCUT2D eigenvalue weighted by Crippen LogP contribution is -2.17. The molecular weight excluding hydrogens is 277 g/mol. The van der Waals surface area contributed by atoms with Crippen molar-refractivity contribution >= 4 is 5.69 Å². The fourth-order valence-corrected chi connectivity index (χ4v) is 2.67. The quantitative estimate of drug-likeness (QED) is 0.853. The van der Waals surface area contributed by atoms with Crippen LogP contribution in [0.15, 0.2) is 42.5 Å². The van der Waals surface area contributed by atoms with E-state index in [9.17, 15) is 13.2 Å². The van der Waals surface area contributed by atoms with Crippen LogP contribution in [-0.2, 0) is 25.8 Å². The second-order valence-corrected chi connectivity index (χ2v) is 5.33. The van der Waals surface area contributed by atoms with Crippen LogP contribution in [0.3, 0.4) is 0 Å². The van der Waals surface area contributed by atoms with Gasteiger partial charge in [-0.1, -0.05) is 30.3 Å². The number of nitrogens with two attached hydrogens (primary N) is 1. The van der Waals surface area contributed by atoms with Gasteiger partial charge >= 0.3 is 6.18 Å². The fourth-order valence-electron chi connectivity index (χ4n) is 2.67. The largest absolute Gasteiger partial charge is 0.416 e. The highest BCUT2D eigenvalue weighted by Gasteiger charge is 2.31. The van der Waals surface area contributed by atoms with Gasteiger partial charge in [-0.05, 0) is 28.8 Å². The maximum Gasteiger partial charge on any atom is 0.416 e. The van der Waals surface area contributed by atoms with E-state index < -0.39 is 11.7 Å². The van der Waals surface area contributed by atoms with Gasteiger partial charge in [0.1, 0.15) is 0 Å². The van der Waals surface area contributed by atoms with Crippen LogP contribution in [0.4, 0.5) is 18.9 Å². The Bertz CT molecular complexity index is 640. The number of hydrogen-bond donors (Lipinski definition) is 1. The van der Waals surface area contributed by atoms with Gasteiger partial charge in [-0.3, -0.25) is 4.90 Å². The molecule has 0 atom stereocenters. The lowest BCUT2D eigenvalue weighted by atomic mass is 10.1. The van der Waals surface area contributed by atoms with Crippen LogP contribution in [0.1, 0.15) is 22.3 Å². The molecule has 110 valence electrons. The molecule has 2 nitrogen and oxygen atoms in total. The van der Waals surface area contributed by atoms with Crippen molar-refractivity contribution in [2.45, 2.75) is 25.8 Å². The van der Waals surface area contributed by atoms with E-state index in [2.05, 4.69) is 17.0 Å². The van der Waals surface area contributed by atoms with Crippen molar-refractivity contribution in [3.63, 3.8) is 0 Å². The molecule has 3 rings (SSSR count). The third-order valence-electron chi connectivity index (χ3n) is 3.77. The van der Waals surface area contributed by atoms with Crippen LogP contribution in [0, 0.1) is 0 Å². The first-order chi connectivity index (χ1) is 9.93. The van der Waals surface area contributed by atoms with E-state index in [1.165, 1.54) is 17.2 Å². The van der Waals surface area contributed by atoms with Gasteiger partial charge < -0.3 is 5.73 Å². The number of rotatable bonds is 2. The number of hydrogen-bond acceptors (Lipinski definition) is 2. The minimum atomic E-state index is -4.35. The molecule has 0 amide bonds. The molecule has 1 heterocycles. The normalized spacial score (nSPS) is 15.2. The Kier molecular flexibility index (Phi) is 3.37. The molecular formula is C16H15F3N2. The van der Waals surface area contributed by atoms with Crippen molar-refractivity contribution in [2.24, 2.45) is 0 Å². The van der Waals surface area contributed by atoms with Crippen LogP contribution in [0.5, 0.6) is 0 Å². The van der Waals surface area contributed by atoms with E-state index in [0.29, 0.717) is 6.54 Å². The van der Waals surface area contributed by atoms with Crippen molar-refractivity contribution < 1.29 is 13.2 Å². The molecule has 21 heavy (non-hydrogen) atoms. The molecule has 0 saturated heterocycles. The first-order valence-corrected chi connectivity index (χ1v) is 6.68. The summed E-state index contributed by atoms with van der Waals surface area (Å²) in [5, 5.41) is 0. The lowest BCUT2D eigenvalue weighted by Gasteiger charge is -2.17. The molecule has 0 bridgehead atoms. The molecule has 1 aliphatic rings. The number of halogens is 3. The summed E-state index contributed by atoms with van der Waals surface area (Å²) in [6, 6.07) is 11.7. The van der Waals surface area contributed by atoms with Gasteiger partial charge in [-0.15, -0.1) is 0 Å². The molecule has 0 spiro atoms. The van der Waals surface area contributed by atoms with Crippen LogP contribution < -0.4 is 5.73 Å². The van der Waals surface area contributed by atoms with Crippen LogP contribution in [0.25, 0.3) is 0 Å². The van der Waals surface area contributed by atoms with Crippen molar-refractivity contribution in [1.29, 1.82) is 0 Å². The zero-order valence-corrected chi connectivity index (χ0v) is 11.3. The minimum absolute atomic E-state index is 0.195. The van der Waals surface area contributed by atoms with Crippen LogP contribution in [0.2, 0.25) is 0 Å². The summed E-state index contributed by atoms with van der Waals surface area (Å²) >= 11 is 0. The summed E-state index contributed by atoms with van der Waals surface area (Å²) in [5.74, 6) is 0. The second kappa shape index (κ2) is 5.07. The number of alkyl halides is 3. The third-order valence-corrected chi connectivity index (χ3v) is 3.77. The molecule has 0 fully saturated rings. The molecule has 0 radical (unpaired) electrons. The summed E-state index contributed by atoms with van der Waals surface area (Å²) in [5.41, 5.74) is 8.53.